The topological polar surface area (TPSA) is 129 Å². The van der Waals surface area contributed by atoms with Gasteiger partial charge in [0.2, 0.25) is 0 Å². The zero-order valence-electron chi connectivity index (χ0n) is 9.84. The molecule has 2 aromatic heterocycles. The zero-order valence-corrected chi connectivity index (χ0v) is 11.4. The van der Waals surface area contributed by atoms with Crippen LogP contribution >= 0.6 is 15.9 Å². The molecular weight excluding hydrogens is 318 g/mol. The summed E-state index contributed by atoms with van der Waals surface area (Å²) in [4.78, 5) is 19.4. The van der Waals surface area contributed by atoms with Crippen molar-refractivity contribution in [3.8, 4) is 0 Å². The van der Waals surface area contributed by atoms with Gasteiger partial charge in [-0.2, -0.15) is 0 Å². The molecule has 0 saturated carbocycles. The predicted octanol–water partition coefficient (Wildman–Crippen LogP) is -0.159. The molecule has 5 N–H and O–H groups in total. The summed E-state index contributed by atoms with van der Waals surface area (Å²) in [7, 11) is 0. The van der Waals surface area contributed by atoms with Crippen molar-refractivity contribution >= 4 is 38.7 Å². The van der Waals surface area contributed by atoms with Crippen LogP contribution in [0.4, 0.5) is 5.82 Å². The quantitative estimate of drug-likeness (QED) is 0.653. The number of ether oxygens (including phenoxy) is 1. The highest BCUT2D eigenvalue weighted by Gasteiger charge is 2.22. The van der Waals surface area contributed by atoms with Crippen LogP contribution in [0.2, 0.25) is 0 Å². The predicted molar refractivity (Wildman–Crippen MR) is 71.2 cm³/mol. The van der Waals surface area contributed by atoms with Crippen molar-refractivity contribution in [1.82, 2.24) is 14.5 Å². The van der Waals surface area contributed by atoms with Crippen molar-refractivity contribution in [2.75, 3.05) is 18.9 Å². The third-order valence-electron chi connectivity index (χ3n) is 2.51. The number of aromatic nitrogens is 3. The largest absolute Gasteiger partial charge is 0.394 e. The molecule has 8 nitrogen and oxygen atoms in total. The van der Waals surface area contributed by atoms with Gasteiger partial charge in [-0.05, 0) is 15.9 Å². The van der Waals surface area contributed by atoms with Gasteiger partial charge >= 0.3 is 0 Å². The molecule has 102 valence electrons. The average molecular weight is 330 g/mol. The smallest absolute Gasteiger partial charge is 0.252 e. The number of nitrogens with zero attached hydrogens (tertiary/aromatic N) is 3. The van der Waals surface area contributed by atoms with Crippen molar-refractivity contribution in [2.45, 2.75) is 6.73 Å². The van der Waals surface area contributed by atoms with E-state index < -0.39 is 5.91 Å². The van der Waals surface area contributed by atoms with Crippen LogP contribution in [0.25, 0.3) is 11.0 Å². The molecule has 0 fully saturated rings. The molecule has 0 atom stereocenters. The summed E-state index contributed by atoms with van der Waals surface area (Å²) >= 11 is 3.28. The van der Waals surface area contributed by atoms with E-state index in [-0.39, 0.29) is 31.3 Å². The van der Waals surface area contributed by atoms with Gasteiger partial charge in [-0.1, -0.05) is 0 Å². The van der Waals surface area contributed by atoms with Crippen LogP contribution in [0.15, 0.2) is 10.9 Å². The third-order valence-corrected chi connectivity index (χ3v) is 3.33. The maximum Gasteiger partial charge on any atom is 0.252 e. The van der Waals surface area contributed by atoms with Gasteiger partial charge in [0.25, 0.3) is 5.91 Å². The average Bonchev–Trinajstić information content (AvgIpc) is 2.64. The van der Waals surface area contributed by atoms with Crippen molar-refractivity contribution in [1.29, 1.82) is 0 Å². The van der Waals surface area contributed by atoms with Gasteiger partial charge < -0.3 is 21.3 Å². The van der Waals surface area contributed by atoms with E-state index in [1.54, 1.807) is 4.57 Å². The number of aliphatic hydroxyl groups excluding tert-OH is 1. The number of hydrogen-bond donors (Lipinski definition) is 3. The summed E-state index contributed by atoms with van der Waals surface area (Å²) in [5, 5.41) is 9.08. The molecule has 0 saturated heterocycles. The summed E-state index contributed by atoms with van der Waals surface area (Å²) in [6.07, 6.45) is 1.29. The second-order valence-electron chi connectivity index (χ2n) is 3.68. The van der Waals surface area contributed by atoms with Crippen LogP contribution in [0.3, 0.4) is 0 Å². The van der Waals surface area contributed by atoms with Crippen molar-refractivity contribution < 1.29 is 14.6 Å². The van der Waals surface area contributed by atoms with E-state index in [2.05, 4.69) is 25.9 Å². The van der Waals surface area contributed by atoms with Crippen LogP contribution < -0.4 is 11.5 Å². The number of nitrogen functional groups attached to an aromatic ring is 1. The molecule has 0 aliphatic heterocycles. The van der Waals surface area contributed by atoms with Gasteiger partial charge in [0.15, 0.2) is 0 Å². The number of anilines is 1. The van der Waals surface area contributed by atoms with E-state index in [1.807, 2.05) is 0 Å². The van der Waals surface area contributed by atoms with E-state index in [0.29, 0.717) is 15.6 Å². The number of carbonyl (C=O) groups is 1. The number of aliphatic hydroxyl groups is 1. The Morgan fingerprint density at radius 1 is 1.53 bits per heavy atom. The Balaban J connectivity index is 2.60. The minimum atomic E-state index is -0.640. The summed E-state index contributed by atoms with van der Waals surface area (Å²) in [6.45, 7) is 0.163. The molecule has 2 rings (SSSR count). The first-order valence-corrected chi connectivity index (χ1v) is 6.13. The van der Waals surface area contributed by atoms with Gasteiger partial charge in [-0.25, -0.2) is 9.97 Å². The standard InChI is InChI=1S/C10H12BrN5O3/c11-7-5(9(13)18)6-8(12)14-3-15-10(6)16(7)4-19-2-1-17/h3,17H,1-2,4H2,(H2,13,18)(H2,12,14,15). The van der Waals surface area contributed by atoms with Crippen LogP contribution in [0.5, 0.6) is 0 Å². The second-order valence-corrected chi connectivity index (χ2v) is 4.43. The van der Waals surface area contributed by atoms with Crippen LogP contribution in [-0.2, 0) is 11.5 Å². The van der Waals surface area contributed by atoms with Gasteiger partial charge in [-0.3, -0.25) is 9.36 Å². The van der Waals surface area contributed by atoms with E-state index in [0.717, 1.165) is 0 Å². The fraction of sp³-hybridized carbons (Fsp3) is 0.300. The highest BCUT2D eigenvalue weighted by molar-refractivity contribution is 9.10. The number of hydrogen-bond acceptors (Lipinski definition) is 6. The monoisotopic (exact) mass is 329 g/mol. The van der Waals surface area contributed by atoms with E-state index in [4.69, 9.17) is 21.3 Å². The highest BCUT2D eigenvalue weighted by atomic mass is 79.9. The van der Waals surface area contributed by atoms with Gasteiger partial charge in [0, 0.05) is 0 Å². The maximum absolute atomic E-state index is 11.5. The van der Waals surface area contributed by atoms with Gasteiger partial charge in [0.1, 0.15) is 29.1 Å². The lowest BCUT2D eigenvalue weighted by molar-refractivity contribution is 0.0491. The molecule has 9 heteroatoms. The Morgan fingerprint density at radius 2 is 2.26 bits per heavy atom. The first-order chi connectivity index (χ1) is 9.07. The lowest BCUT2D eigenvalue weighted by atomic mass is 10.2. The van der Waals surface area contributed by atoms with Gasteiger partial charge in [0.05, 0.1) is 24.2 Å². The van der Waals surface area contributed by atoms with Crippen molar-refractivity contribution in [2.24, 2.45) is 5.73 Å². The Kier molecular flexibility index (Phi) is 3.98. The Bertz CT molecular complexity index is 627. The SMILES string of the molecule is NC(=O)c1c(Br)n(COCCO)c2ncnc(N)c12. The van der Waals surface area contributed by atoms with Crippen LogP contribution in [0.1, 0.15) is 10.4 Å². The van der Waals surface area contributed by atoms with Crippen LogP contribution in [0, 0.1) is 0 Å². The molecule has 1 amide bonds. The fourth-order valence-corrected chi connectivity index (χ4v) is 2.39. The molecule has 2 aromatic rings. The fourth-order valence-electron chi connectivity index (χ4n) is 1.73. The number of amides is 1. The Hall–Kier alpha value is -1.71. The van der Waals surface area contributed by atoms with E-state index in [1.165, 1.54) is 6.33 Å². The van der Waals surface area contributed by atoms with Crippen molar-refractivity contribution in [3.05, 3.63) is 16.5 Å². The number of fused-ring (bicyclic) bond motifs is 1. The lowest BCUT2D eigenvalue weighted by Gasteiger charge is -2.06. The maximum atomic E-state index is 11.5. The molecule has 19 heavy (non-hydrogen) atoms. The van der Waals surface area contributed by atoms with Crippen molar-refractivity contribution in [3.63, 3.8) is 0 Å². The number of rotatable bonds is 5. The lowest BCUT2D eigenvalue weighted by Crippen LogP contribution is -2.12. The minimum absolute atomic E-state index is 0.0986. The molecule has 0 unspecified atom stereocenters. The number of nitrogens with two attached hydrogens (primary N) is 2. The summed E-state index contributed by atoms with van der Waals surface area (Å²) < 4.78 is 7.22. The molecule has 0 aromatic carbocycles. The van der Waals surface area contributed by atoms with E-state index >= 15 is 0 Å². The van der Waals surface area contributed by atoms with Crippen LogP contribution in [-0.4, -0.2) is 38.8 Å². The third kappa shape index (κ3) is 2.39. The minimum Gasteiger partial charge on any atom is -0.394 e. The summed E-state index contributed by atoms with van der Waals surface area (Å²) in [5.41, 5.74) is 11.7. The first-order valence-electron chi connectivity index (χ1n) is 5.34. The molecule has 0 aliphatic rings. The Morgan fingerprint density at radius 3 is 2.89 bits per heavy atom. The number of carbonyl (C=O) groups excluding carboxylic acids is 1. The molecule has 2 heterocycles. The molecular formula is C10H12BrN5O3. The molecule has 0 aliphatic carbocycles. The molecule has 0 bridgehead atoms. The Labute approximate surface area is 116 Å². The first kappa shape index (κ1) is 13.7. The zero-order chi connectivity index (χ0) is 14.0. The summed E-state index contributed by atoms with van der Waals surface area (Å²) in [6, 6.07) is 0. The number of halogens is 1. The highest BCUT2D eigenvalue weighted by Crippen LogP contribution is 2.31. The molecule has 0 radical (unpaired) electrons. The normalized spacial score (nSPS) is 11.1. The van der Waals surface area contributed by atoms with Gasteiger partial charge in [-0.15, -0.1) is 0 Å². The molecule has 0 spiro atoms. The number of primary amides is 1. The van der Waals surface area contributed by atoms with E-state index in [9.17, 15) is 4.79 Å². The second kappa shape index (κ2) is 5.51. The summed E-state index contributed by atoms with van der Waals surface area (Å²) in [5.74, 6) is -0.473.